The highest BCUT2D eigenvalue weighted by atomic mass is 31.0. The predicted octanol–water partition coefficient (Wildman–Crippen LogP) is 6.77. The monoisotopic (exact) mass is 427 g/mol. The second kappa shape index (κ2) is 10.1. The van der Waals surface area contributed by atoms with Crippen molar-refractivity contribution >= 4 is 14.5 Å². The molecule has 0 saturated heterocycles. The van der Waals surface area contributed by atoms with E-state index in [4.69, 9.17) is 5.73 Å². The maximum absolute atomic E-state index is 6.52. The van der Waals surface area contributed by atoms with Crippen molar-refractivity contribution in [2.45, 2.75) is 86.6 Å². The lowest BCUT2D eigenvalue weighted by molar-refractivity contribution is 0.168. The largest absolute Gasteiger partial charge is 0.324 e. The smallest absolute Gasteiger partial charge is 0.0303 e. The van der Waals surface area contributed by atoms with E-state index in [1.165, 1.54) is 46.8 Å². The van der Waals surface area contributed by atoms with Crippen molar-refractivity contribution in [3.8, 4) is 0 Å². The molecule has 0 amide bonds. The zero-order chi connectivity index (χ0) is 22.8. The van der Waals surface area contributed by atoms with Gasteiger partial charge in [0.2, 0.25) is 0 Å². The van der Waals surface area contributed by atoms with E-state index in [9.17, 15) is 0 Å². The third-order valence-corrected chi connectivity index (χ3v) is 7.96. The van der Waals surface area contributed by atoms with Gasteiger partial charge in [-0.25, -0.2) is 0 Å². The molecule has 1 fully saturated rings. The number of aryl methyl sites for hydroxylation is 1. The first-order valence-electron chi connectivity index (χ1n) is 11.8. The van der Waals surface area contributed by atoms with Crippen LogP contribution in [-0.4, -0.2) is 6.04 Å². The standard InChI is InChI=1S/C28H46NP/c1-17(2)24-11-10-18(3)12-25(24)19(4)13-22-14-20(5)26(30)16-23(22)15-21(6)27(29)28(7,8)9/h14,16-18,24-25,27H,4,6,10-13,15,29-30H2,1-3,5,7-9H3/t18-,24?,25?,27+/m1/s1. The molecule has 1 nitrogen and oxygen atoms in total. The zero-order valence-corrected chi connectivity index (χ0v) is 21.8. The summed E-state index contributed by atoms with van der Waals surface area (Å²) >= 11 is 0. The number of benzene rings is 1. The molecule has 2 rings (SSSR count). The van der Waals surface area contributed by atoms with Gasteiger partial charge in [-0.05, 0) is 83.7 Å². The van der Waals surface area contributed by atoms with E-state index in [1.54, 1.807) is 0 Å². The Balaban J connectivity index is 2.29. The van der Waals surface area contributed by atoms with Crippen molar-refractivity contribution in [2.24, 2.45) is 34.8 Å². The first-order chi connectivity index (χ1) is 13.8. The van der Waals surface area contributed by atoms with Gasteiger partial charge in [-0.2, -0.15) is 0 Å². The molecule has 0 aromatic heterocycles. The van der Waals surface area contributed by atoms with Crippen LogP contribution in [-0.2, 0) is 12.8 Å². The van der Waals surface area contributed by atoms with Crippen LogP contribution >= 0.6 is 9.24 Å². The number of rotatable bonds is 7. The molecular formula is C28H46NP. The topological polar surface area (TPSA) is 26.0 Å². The Hall–Kier alpha value is -0.910. The highest BCUT2D eigenvalue weighted by Gasteiger charge is 2.32. The Bertz CT molecular complexity index is 768. The quantitative estimate of drug-likeness (QED) is 0.377. The molecule has 168 valence electrons. The number of nitrogens with two attached hydrogens (primary N) is 1. The third-order valence-electron chi connectivity index (χ3n) is 7.34. The van der Waals surface area contributed by atoms with Gasteiger partial charge in [0.25, 0.3) is 0 Å². The summed E-state index contributed by atoms with van der Waals surface area (Å²) in [6.45, 7) is 25.0. The minimum absolute atomic E-state index is 0.00710. The molecule has 1 aromatic rings. The Morgan fingerprint density at radius 1 is 1.13 bits per heavy atom. The highest BCUT2D eigenvalue weighted by molar-refractivity contribution is 7.27. The number of hydrogen-bond donors (Lipinski definition) is 1. The maximum atomic E-state index is 6.52. The molecule has 3 unspecified atom stereocenters. The third kappa shape index (κ3) is 6.30. The summed E-state index contributed by atoms with van der Waals surface area (Å²) in [5.74, 6) is 2.93. The fourth-order valence-electron chi connectivity index (χ4n) is 5.18. The minimum Gasteiger partial charge on any atom is -0.324 e. The number of hydrogen-bond acceptors (Lipinski definition) is 1. The van der Waals surface area contributed by atoms with Crippen LogP contribution in [0, 0.1) is 36.0 Å². The van der Waals surface area contributed by atoms with E-state index in [-0.39, 0.29) is 11.5 Å². The summed E-state index contributed by atoms with van der Waals surface area (Å²) in [7, 11) is 2.89. The molecule has 0 bridgehead atoms. The van der Waals surface area contributed by atoms with Gasteiger partial charge in [-0.1, -0.05) is 84.4 Å². The summed E-state index contributed by atoms with van der Waals surface area (Å²) in [6.07, 6.45) is 5.82. The van der Waals surface area contributed by atoms with E-state index in [2.05, 4.69) is 83.0 Å². The summed E-state index contributed by atoms with van der Waals surface area (Å²) in [5.41, 5.74) is 13.2. The van der Waals surface area contributed by atoms with Crippen molar-refractivity contribution < 1.29 is 0 Å². The maximum Gasteiger partial charge on any atom is 0.0303 e. The molecule has 0 heterocycles. The van der Waals surface area contributed by atoms with E-state index in [0.717, 1.165) is 36.2 Å². The van der Waals surface area contributed by atoms with E-state index in [1.807, 2.05) is 0 Å². The van der Waals surface area contributed by atoms with Gasteiger partial charge in [0.15, 0.2) is 0 Å². The second-order valence-electron chi connectivity index (χ2n) is 11.4. The van der Waals surface area contributed by atoms with Crippen molar-refractivity contribution in [3.05, 3.63) is 53.1 Å². The van der Waals surface area contributed by atoms with Gasteiger partial charge < -0.3 is 5.73 Å². The molecule has 0 aliphatic heterocycles. The lowest BCUT2D eigenvalue weighted by atomic mass is 9.66. The second-order valence-corrected chi connectivity index (χ2v) is 12.0. The van der Waals surface area contributed by atoms with Crippen LogP contribution in [0.5, 0.6) is 0 Å². The van der Waals surface area contributed by atoms with Crippen LogP contribution < -0.4 is 11.0 Å². The highest BCUT2D eigenvalue weighted by Crippen LogP contribution is 2.42. The molecule has 2 heteroatoms. The lowest BCUT2D eigenvalue weighted by Gasteiger charge is -2.39. The summed E-state index contributed by atoms with van der Waals surface area (Å²) < 4.78 is 0. The van der Waals surface area contributed by atoms with Crippen LogP contribution in [0.2, 0.25) is 0 Å². The van der Waals surface area contributed by atoms with E-state index < -0.39 is 0 Å². The summed E-state index contributed by atoms with van der Waals surface area (Å²) in [6, 6.07) is 4.69. The Morgan fingerprint density at radius 2 is 1.73 bits per heavy atom. The Labute approximate surface area is 189 Å². The van der Waals surface area contributed by atoms with Gasteiger partial charge in [0, 0.05) is 6.04 Å². The molecule has 0 radical (unpaired) electrons. The van der Waals surface area contributed by atoms with E-state index >= 15 is 0 Å². The van der Waals surface area contributed by atoms with Gasteiger partial charge in [-0.3, -0.25) is 0 Å². The van der Waals surface area contributed by atoms with Crippen LogP contribution in [0.25, 0.3) is 0 Å². The van der Waals surface area contributed by atoms with Crippen molar-refractivity contribution in [2.75, 3.05) is 0 Å². The Morgan fingerprint density at radius 3 is 2.30 bits per heavy atom. The SMILES string of the molecule is C=C(Cc1cc(C)c(P)cc1CC(=C)[C@H](N)C(C)(C)C)C1C[C@H](C)CCC1C(C)C. The van der Waals surface area contributed by atoms with Crippen LogP contribution in [0.3, 0.4) is 0 Å². The van der Waals surface area contributed by atoms with Crippen LogP contribution in [0.15, 0.2) is 36.4 Å². The first kappa shape index (κ1) is 25.4. The van der Waals surface area contributed by atoms with Gasteiger partial charge in [0.1, 0.15) is 0 Å². The molecule has 1 aliphatic carbocycles. The normalized spacial score (nSPS) is 23.5. The van der Waals surface area contributed by atoms with E-state index in [0.29, 0.717) is 5.92 Å². The van der Waals surface area contributed by atoms with Crippen molar-refractivity contribution in [1.82, 2.24) is 0 Å². The molecule has 1 aliphatic rings. The van der Waals surface area contributed by atoms with Crippen molar-refractivity contribution in [1.29, 1.82) is 0 Å². The summed E-state index contributed by atoms with van der Waals surface area (Å²) in [4.78, 5) is 0. The molecule has 2 N–H and O–H groups in total. The number of allylic oxidation sites excluding steroid dienone is 1. The van der Waals surface area contributed by atoms with Crippen molar-refractivity contribution in [3.63, 3.8) is 0 Å². The zero-order valence-electron chi connectivity index (χ0n) is 20.6. The average Bonchev–Trinajstić information content (AvgIpc) is 2.63. The van der Waals surface area contributed by atoms with Gasteiger partial charge >= 0.3 is 0 Å². The first-order valence-corrected chi connectivity index (χ1v) is 12.4. The van der Waals surface area contributed by atoms with Gasteiger partial charge in [0.05, 0.1) is 0 Å². The summed E-state index contributed by atoms with van der Waals surface area (Å²) in [5, 5.41) is 1.27. The molecule has 1 saturated carbocycles. The molecular weight excluding hydrogens is 381 g/mol. The Kier molecular flexibility index (Phi) is 8.57. The fraction of sp³-hybridized carbons (Fsp3) is 0.643. The van der Waals surface area contributed by atoms with Crippen LogP contribution in [0.1, 0.15) is 77.5 Å². The molecule has 1 aromatic carbocycles. The predicted molar refractivity (Wildman–Crippen MR) is 138 cm³/mol. The van der Waals surface area contributed by atoms with Crippen LogP contribution in [0.4, 0.5) is 0 Å². The molecule has 30 heavy (non-hydrogen) atoms. The lowest BCUT2D eigenvalue weighted by Crippen LogP contribution is -2.37. The molecule has 5 atom stereocenters. The van der Waals surface area contributed by atoms with Gasteiger partial charge in [-0.15, -0.1) is 9.24 Å². The average molecular weight is 428 g/mol. The minimum atomic E-state index is -0.00710. The molecule has 0 spiro atoms. The fourth-order valence-corrected chi connectivity index (χ4v) is 5.46.